The maximum Gasteiger partial charge on any atom is 0.249 e. The Hall–Kier alpha value is -2.90. The van der Waals surface area contributed by atoms with E-state index in [2.05, 4.69) is 25.4 Å². The number of nitrogens with one attached hydrogen (secondary N) is 1. The topological polar surface area (TPSA) is 83.5 Å². The predicted octanol–water partition coefficient (Wildman–Crippen LogP) is 0.902. The molecule has 0 bridgehead atoms. The molecular weight excluding hydrogens is 296 g/mol. The van der Waals surface area contributed by atoms with Gasteiger partial charge in [0.15, 0.2) is 5.82 Å². The Morgan fingerprint density at radius 1 is 1.22 bits per heavy atom. The first-order valence-electron chi connectivity index (χ1n) is 7.34. The second-order valence-corrected chi connectivity index (χ2v) is 5.09. The lowest BCUT2D eigenvalue weighted by Gasteiger charge is -2.33. The molecule has 0 aliphatic carbocycles. The molecular formula is C15H18N6O2. The molecule has 2 heterocycles. The zero-order valence-corrected chi connectivity index (χ0v) is 12.8. The van der Waals surface area contributed by atoms with Gasteiger partial charge in [-0.3, -0.25) is 4.79 Å². The predicted molar refractivity (Wildman–Crippen MR) is 86.0 cm³/mol. The molecule has 1 saturated heterocycles. The van der Waals surface area contributed by atoms with Crippen LogP contribution in [0.15, 0.2) is 30.5 Å². The van der Waals surface area contributed by atoms with Gasteiger partial charge in [0.05, 0.1) is 19.0 Å². The molecule has 2 aromatic rings. The third kappa shape index (κ3) is 3.47. The van der Waals surface area contributed by atoms with Gasteiger partial charge in [0.2, 0.25) is 12.4 Å². The van der Waals surface area contributed by atoms with Crippen molar-refractivity contribution in [1.29, 1.82) is 0 Å². The van der Waals surface area contributed by atoms with E-state index in [0.29, 0.717) is 24.8 Å². The minimum absolute atomic E-state index is 0.407. The normalized spacial score (nSPS) is 14.5. The van der Waals surface area contributed by atoms with Crippen molar-refractivity contribution in [2.24, 2.45) is 0 Å². The van der Waals surface area contributed by atoms with Crippen LogP contribution < -0.4 is 15.0 Å². The fraction of sp³-hybridized carbons (Fsp3) is 0.333. The summed E-state index contributed by atoms with van der Waals surface area (Å²) in [5.74, 6) is 1.86. The van der Waals surface area contributed by atoms with Gasteiger partial charge in [0.1, 0.15) is 5.75 Å². The molecule has 1 N–H and O–H groups in total. The third-order valence-electron chi connectivity index (χ3n) is 3.69. The fourth-order valence-corrected chi connectivity index (χ4v) is 2.43. The van der Waals surface area contributed by atoms with Crippen molar-refractivity contribution >= 4 is 23.9 Å². The summed E-state index contributed by atoms with van der Waals surface area (Å²) in [5, 5.41) is 11.1. The van der Waals surface area contributed by atoms with Crippen LogP contribution in [0, 0.1) is 0 Å². The minimum Gasteiger partial charge on any atom is -0.495 e. The van der Waals surface area contributed by atoms with Gasteiger partial charge in [-0.25, -0.2) is 0 Å². The zero-order chi connectivity index (χ0) is 16.1. The molecule has 0 spiro atoms. The van der Waals surface area contributed by atoms with Gasteiger partial charge in [-0.05, 0) is 12.1 Å². The Bertz CT molecular complexity index is 673. The van der Waals surface area contributed by atoms with Crippen LogP contribution in [0.25, 0.3) is 0 Å². The number of rotatable bonds is 5. The lowest BCUT2D eigenvalue weighted by atomic mass is 10.3. The molecule has 1 amide bonds. The molecule has 23 heavy (non-hydrogen) atoms. The first-order valence-corrected chi connectivity index (χ1v) is 7.34. The monoisotopic (exact) mass is 314 g/mol. The Balaban J connectivity index is 1.74. The van der Waals surface area contributed by atoms with Crippen LogP contribution in [0.2, 0.25) is 0 Å². The molecule has 120 valence electrons. The van der Waals surface area contributed by atoms with Crippen LogP contribution in [0.1, 0.15) is 0 Å². The van der Waals surface area contributed by atoms with Crippen molar-refractivity contribution in [1.82, 2.24) is 20.1 Å². The first-order chi connectivity index (χ1) is 11.3. The summed E-state index contributed by atoms with van der Waals surface area (Å²) in [7, 11) is 1.61. The highest BCUT2D eigenvalue weighted by Crippen LogP contribution is 2.25. The fourth-order valence-electron chi connectivity index (χ4n) is 2.43. The molecule has 1 aliphatic rings. The summed E-state index contributed by atoms with van der Waals surface area (Å²) in [4.78, 5) is 19.1. The quantitative estimate of drug-likeness (QED) is 0.821. The van der Waals surface area contributed by atoms with Gasteiger partial charge < -0.3 is 19.9 Å². The van der Waals surface area contributed by atoms with Crippen LogP contribution >= 0.6 is 0 Å². The number of amides is 1. The largest absolute Gasteiger partial charge is 0.495 e. The van der Waals surface area contributed by atoms with E-state index in [4.69, 9.17) is 4.74 Å². The summed E-state index contributed by atoms with van der Waals surface area (Å²) in [6.07, 6.45) is 2.51. The standard InChI is InChI=1S/C15H18N6O2/c1-23-13-5-3-2-4-12(13)17-15-18-14(10-16-19-15)21-8-6-20(11-22)7-9-21/h2-5,10-11H,6-9H2,1H3,(H,17,18,19). The summed E-state index contributed by atoms with van der Waals surface area (Å²) in [6.45, 7) is 2.82. The molecule has 0 atom stereocenters. The summed E-state index contributed by atoms with van der Waals surface area (Å²) in [5.41, 5.74) is 0.778. The van der Waals surface area contributed by atoms with E-state index < -0.39 is 0 Å². The van der Waals surface area contributed by atoms with Crippen LogP contribution in [0.5, 0.6) is 5.75 Å². The molecule has 1 aromatic heterocycles. The van der Waals surface area contributed by atoms with Crippen molar-refractivity contribution < 1.29 is 9.53 Å². The molecule has 0 unspecified atom stereocenters. The average molecular weight is 314 g/mol. The molecule has 0 radical (unpaired) electrons. The second kappa shape index (κ2) is 6.91. The number of nitrogens with zero attached hydrogens (tertiary/aromatic N) is 5. The number of carbonyl (C=O) groups excluding carboxylic acids is 1. The molecule has 8 nitrogen and oxygen atoms in total. The lowest BCUT2D eigenvalue weighted by Crippen LogP contribution is -2.46. The van der Waals surface area contributed by atoms with Crippen molar-refractivity contribution in [3.8, 4) is 5.75 Å². The highest BCUT2D eigenvalue weighted by molar-refractivity contribution is 5.62. The van der Waals surface area contributed by atoms with Crippen LogP contribution in [0.3, 0.4) is 0 Å². The van der Waals surface area contributed by atoms with Gasteiger partial charge in [0.25, 0.3) is 0 Å². The first kappa shape index (κ1) is 15.0. The Kier molecular flexibility index (Phi) is 4.51. The van der Waals surface area contributed by atoms with Gasteiger partial charge in [-0.2, -0.15) is 10.1 Å². The van der Waals surface area contributed by atoms with Crippen LogP contribution in [0.4, 0.5) is 17.5 Å². The average Bonchev–Trinajstić information content (AvgIpc) is 2.62. The molecule has 1 fully saturated rings. The van der Waals surface area contributed by atoms with Crippen LogP contribution in [-0.2, 0) is 4.79 Å². The van der Waals surface area contributed by atoms with E-state index in [9.17, 15) is 4.79 Å². The lowest BCUT2D eigenvalue weighted by molar-refractivity contribution is -0.118. The molecule has 8 heteroatoms. The van der Waals surface area contributed by atoms with Gasteiger partial charge in [-0.1, -0.05) is 12.1 Å². The van der Waals surface area contributed by atoms with E-state index in [1.807, 2.05) is 24.3 Å². The van der Waals surface area contributed by atoms with E-state index in [1.165, 1.54) is 0 Å². The molecule has 0 saturated carbocycles. The molecule has 3 rings (SSSR count). The van der Waals surface area contributed by atoms with E-state index in [1.54, 1.807) is 18.2 Å². The second-order valence-electron chi connectivity index (χ2n) is 5.09. The van der Waals surface area contributed by atoms with Gasteiger partial charge >= 0.3 is 0 Å². The summed E-state index contributed by atoms with van der Waals surface area (Å²) < 4.78 is 5.30. The van der Waals surface area contributed by atoms with Crippen molar-refractivity contribution in [2.75, 3.05) is 43.5 Å². The van der Waals surface area contributed by atoms with E-state index in [0.717, 1.165) is 31.0 Å². The summed E-state index contributed by atoms with van der Waals surface area (Å²) >= 11 is 0. The molecule has 1 aliphatic heterocycles. The number of piperazine rings is 1. The number of para-hydroxylation sites is 2. The van der Waals surface area contributed by atoms with Gasteiger partial charge in [-0.15, -0.1) is 5.10 Å². The van der Waals surface area contributed by atoms with E-state index in [-0.39, 0.29) is 0 Å². The maximum absolute atomic E-state index is 10.8. The Labute approximate surface area is 134 Å². The minimum atomic E-state index is 0.407. The number of hydrogen-bond donors (Lipinski definition) is 1. The Morgan fingerprint density at radius 3 is 2.74 bits per heavy atom. The number of anilines is 3. The number of aromatic nitrogens is 3. The van der Waals surface area contributed by atoms with Crippen molar-refractivity contribution in [2.45, 2.75) is 0 Å². The highest BCUT2D eigenvalue weighted by Gasteiger charge is 2.17. The number of ether oxygens (including phenoxy) is 1. The smallest absolute Gasteiger partial charge is 0.249 e. The van der Waals surface area contributed by atoms with Gasteiger partial charge in [0, 0.05) is 26.2 Å². The SMILES string of the molecule is COc1ccccc1Nc1nncc(N2CCN(C=O)CC2)n1. The number of hydrogen-bond acceptors (Lipinski definition) is 7. The maximum atomic E-state index is 10.8. The van der Waals surface area contributed by atoms with Crippen LogP contribution in [-0.4, -0.2) is 59.8 Å². The zero-order valence-electron chi connectivity index (χ0n) is 12.8. The number of benzene rings is 1. The van der Waals surface area contributed by atoms with Crippen molar-refractivity contribution in [3.63, 3.8) is 0 Å². The number of carbonyl (C=O) groups is 1. The highest BCUT2D eigenvalue weighted by atomic mass is 16.5. The Morgan fingerprint density at radius 2 is 2.00 bits per heavy atom. The van der Waals surface area contributed by atoms with Crippen molar-refractivity contribution in [3.05, 3.63) is 30.5 Å². The summed E-state index contributed by atoms with van der Waals surface area (Å²) in [6, 6.07) is 7.54. The third-order valence-corrected chi connectivity index (χ3v) is 3.69. The van der Waals surface area contributed by atoms with E-state index >= 15 is 0 Å². The number of methoxy groups -OCH3 is 1. The molecule has 1 aromatic carbocycles.